The average molecular weight is 318 g/mol. The van der Waals surface area contributed by atoms with Crippen molar-refractivity contribution >= 4 is 5.91 Å². The Labute approximate surface area is 138 Å². The van der Waals surface area contributed by atoms with Crippen LogP contribution in [0.3, 0.4) is 0 Å². The SMILES string of the molecule is CN(C)CCO[C@@H]1CN(C(=O)c2ccccc2)[C@@H]2CCCO[C@@H]21. The van der Waals surface area contributed by atoms with Crippen LogP contribution < -0.4 is 0 Å². The predicted molar refractivity (Wildman–Crippen MR) is 88.5 cm³/mol. The van der Waals surface area contributed by atoms with E-state index in [0.717, 1.165) is 31.6 Å². The second-order valence-electron chi connectivity index (χ2n) is 6.58. The molecule has 3 rings (SSSR count). The predicted octanol–water partition coefficient (Wildman–Crippen LogP) is 1.64. The molecule has 2 fully saturated rings. The molecule has 0 bridgehead atoms. The largest absolute Gasteiger partial charge is 0.373 e. The van der Waals surface area contributed by atoms with E-state index in [9.17, 15) is 4.79 Å². The van der Waals surface area contributed by atoms with E-state index < -0.39 is 0 Å². The Bertz CT molecular complexity index is 520. The van der Waals surface area contributed by atoms with Gasteiger partial charge in [0, 0.05) is 18.7 Å². The van der Waals surface area contributed by atoms with E-state index in [1.807, 2.05) is 49.3 Å². The first kappa shape index (κ1) is 16.4. The molecule has 2 aliphatic rings. The van der Waals surface area contributed by atoms with E-state index in [1.165, 1.54) is 0 Å². The zero-order valence-electron chi connectivity index (χ0n) is 14.0. The molecule has 126 valence electrons. The summed E-state index contributed by atoms with van der Waals surface area (Å²) in [6.07, 6.45) is 1.99. The fourth-order valence-electron chi connectivity index (χ4n) is 3.42. The standard InChI is InChI=1S/C18H26N2O3/c1-19(2)10-12-22-16-13-20(15-9-6-11-23-17(15)16)18(21)14-7-4-3-5-8-14/h3-5,7-8,15-17H,6,9-13H2,1-2H3/t15-,16-,17+/m1/s1. The molecule has 5 nitrogen and oxygen atoms in total. The summed E-state index contributed by atoms with van der Waals surface area (Å²) in [7, 11) is 4.06. The summed E-state index contributed by atoms with van der Waals surface area (Å²) in [4.78, 5) is 16.9. The van der Waals surface area contributed by atoms with Crippen molar-refractivity contribution in [1.82, 2.24) is 9.80 Å². The van der Waals surface area contributed by atoms with Gasteiger partial charge in [0.25, 0.3) is 5.91 Å². The summed E-state index contributed by atoms with van der Waals surface area (Å²) in [5.41, 5.74) is 0.741. The van der Waals surface area contributed by atoms with Crippen LogP contribution in [0.2, 0.25) is 0 Å². The van der Waals surface area contributed by atoms with Crippen molar-refractivity contribution in [3.8, 4) is 0 Å². The summed E-state index contributed by atoms with van der Waals surface area (Å²) in [6.45, 7) is 2.93. The van der Waals surface area contributed by atoms with Crippen molar-refractivity contribution in [3.05, 3.63) is 35.9 Å². The lowest BCUT2D eigenvalue weighted by Gasteiger charge is -2.32. The van der Waals surface area contributed by atoms with Crippen molar-refractivity contribution in [1.29, 1.82) is 0 Å². The van der Waals surface area contributed by atoms with Crippen molar-refractivity contribution in [2.45, 2.75) is 31.1 Å². The highest BCUT2D eigenvalue weighted by atomic mass is 16.5. The average Bonchev–Trinajstić information content (AvgIpc) is 2.94. The summed E-state index contributed by atoms with van der Waals surface area (Å²) in [5.74, 6) is 0.0878. The van der Waals surface area contributed by atoms with E-state index in [0.29, 0.717) is 13.2 Å². The highest BCUT2D eigenvalue weighted by Gasteiger charge is 2.46. The number of rotatable bonds is 5. The van der Waals surface area contributed by atoms with Gasteiger partial charge in [-0.25, -0.2) is 0 Å². The van der Waals surface area contributed by atoms with Gasteiger partial charge < -0.3 is 19.3 Å². The summed E-state index contributed by atoms with van der Waals surface area (Å²) in [5, 5.41) is 0. The molecule has 0 saturated carbocycles. The molecule has 0 unspecified atom stereocenters. The Kier molecular flexibility index (Phi) is 5.30. The number of carbonyl (C=O) groups excluding carboxylic acids is 1. The van der Waals surface area contributed by atoms with Crippen LogP contribution in [0, 0.1) is 0 Å². The molecule has 1 aromatic carbocycles. The van der Waals surface area contributed by atoms with Gasteiger partial charge in [0.2, 0.25) is 0 Å². The number of hydrogen-bond donors (Lipinski definition) is 0. The minimum absolute atomic E-state index is 0.0126. The zero-order chi connectivity index (χ0) is 16.2. The maximum atomic E-state index is 12.8. The molecule has 23 heavy (non-hydrogen) atoms. The zero-order valence-corrected chi connectivity index (χ0v) is 14.0. The monoisotopic (exact) mass is 318 g/mol. The Morgan fingerprint density at radius 1 is 1.35 bits per heavy atom. The van der Waals surface area contributed by atoms with E-state index in [4.69, 9.17) is 9.47 Å². The molecule has 0 aromatic heterocycles. The van der Waals surface area contributed by atoms with Crippen LogP contribution in [-0.2, 0) is 9.47 Å². The number of ether oxygens (including phenoxy) is 2. The Hall–Kier alpha value is -1.43. The summed E-state index contributed by atoms with van der Waals surface area (Å²) >= 11 is 0. The highest BCUT2D eigenvalue weighted by Crippen LogP contribution is 2.31. The lowest BCUT2D eigenvalue weighted by molar-refractivity contribution is -0.0776. The van der Waals surface area contributed by atoms with Crippen molar-refractivity contribution in [3.63, 3.8) is 0 Å². The van der Waals surface area contributed by atoms with Crippen LogP contribution in [-0.4, -0.2) is 74.4 Å². The molecule has 1 amide bonds. The molecule has 0 aliphatic carbocycles. The first-order valence-electron chi connectivity index (χ1n) is 8.41. The van der Waals surface area contributed by atoms with Crippen LogP contribution in [0.25, 0.3) is 0 Å². The minimum atomic E-state index is -0.0205. The maximum absolute atomic E-state index is 12.8. The maximum Gasteiger partial charge on any atom is 0.254 e. The molecule has 2 saturated heterocycles. The third-order valence-electron chi connectivity index (χ3n) is 4.63. The third-order valence-corrected chi connectivity index (χ3v) is 4.63. The van der Waals surface area contributed by atoms with Gasteiger partial charge in [0.05, 0.1) is 19.2 Å². The molecule has 3 atom stereocenters. The molecule has 5 heteroatoms. The van der Waals surface area contributed by atoms with Gasteiger partial charge in [-0.1, -0.05) is 18.2 Å². The second-order valence-corrected chi connectivity index (χ2v) is 6.58. The lowest BCUT2D eigenvalue weighted by Crippen LogP contribution is -2.44. The molecular weight excluding hydrogens is 292 g/mol. The molecule has 0 spiro atoms. The third kappa shape index (κ3) is 3.74. The van der Waals surface area contributed by atoms with Crippen molar-refractivity contribution in [2.24, 2.45) is 0 Å². The van der Waals surface area contributed by atoms with Crippen LogP contribution in [0.5, 0.6) is 0 Å². The molecule has 2 heterocycles. The summed E-state index contributed by atoms with van der Waals surface area (Å²) < 4.78 is 12.0. The van der Waals surface area contributed by atoms with Crippen molar-refractivity contribution in [2.75, 3.05) is 40.4 Å². The molecule has 0 radical (unpaired) electrons. The van der Waals surface area contributed by atoms with Gasteiger partial charge in [0.1, 0.15) is 12.2 Å². The van der Waals surface area contributed by atoms with Crippen LogP contribution in [0.15, 0.2) is 30.3 Å². The minimum Gasteiger partial charge on any atom is -0.373 e. The fraction of sp³-hybridized carbons (Fsp3) is 0.611. The molecule has 2 aliphatic heterocycles. The van der Waals surface area contributed by atoms with Gasteiger partial charge in [-0.2, -0.15) is 0 Å². The number of hydrogen-bond acceptors (Lipinski definition) is 4. The Balaban J connectivity index is 1.69. The topological polar surface area (TPSA) is 42.0 Å². The number of amides is 1. The number of likely N-dealkylation sites (N-methyl/N-ethyl adjacent to an activating group) is 1. The smallest absolute Gasteiger partial charge is 0.254 e. The molecule has 1 aromatic rings. The van der Waals surface area contributed by atoms with Gasteiger partial charge in [-0.3, -0.25) is 4.79 Å². The van der Waals surface area contributed by atoms with Gasteiger partial charge in [-0.15, -0.1) is 0 Å². The molecule has 0 N–H and O–H groups in total. The normalized spacial score (nSPS) is 27.3. The first-order chi connectivity index (χ1) is 11.2. The van der Waals surface area contributed by atoms with E-state index in [1.54, 1.807) is 0 Å². The first-order valence-corrected chi connectivity index (χ1v) is 8.41. The summed E-state index contributed by atoms with van der Waals surface area (Å²) in [6, 6.07) is 9.64. The number of likely N-dealkylation sites (tertiary alicyclic amines) is 1. The van der Waals surface area contributed by atoms with Crippen molar-refractivity contribution < 1.29 is 14.3 Å². The number of nitrogens with zero attached hydrogens (tertiary/aromatic N) is 2. The fourth-order valence-corrected chi connectivity index (χ4v) is 3.42. The van der Waals surface area contributed by atoms with Gasteiger partial charge >= 0.3 is 0 Å². The van der Waals surface area contributed by atoms with E-state index in [-0.39, 0.29) is 24.2 Å². The highest BCUT2D eigenvalue weighted by molar-refractivity contribution is 5.94. The lowest BCUT2D eigenvalue weighted by atomic mass is 10.0. The van der Waals surface area contributed by atoms with E-state index >= 15 is 0 Å². The quantitative estimate of drug-likeness (QED) is 0.828. The van der Waals surface area contributed by atoms with Gasteiger partial charge in [-0.05, 0) is 39.1 Å². The number of benzene rings is 1. The van der Waals surface area contributed by atoms with Crippen LogP contribution >= 0.6 is 0 Å². The second kappa shape index (κ2) is 7.43. The van der Waals surface area contributed by atoms with Crippen LogP contribution in [0.1, 0.15) is 23.2 Å². The van der Waals surface area contributed by atoms with Crippen LogP contribution in [0.4, 0.5) is 0 Å². The Morgan fingerprint density at radius 3 is 2.87 bits per heavy atom. The van der Waals surface area contributed by atoms with Gasteiger partial charge in [0.15, 0.2) is 0 Å². The molecular formula is C18H26N2O3. The Morgan fingerprint density at radius 2 is 2.13 bits per heavy atom. The number of carbonyl (C=O) groups is 1. The number of fused-ring (bicyclic) bond motifs is 1. The van der Waals surface area contributed by atoms with E-state index in [2.05, 4.69) is 4.90 Å².